The lowest BCUT2D eigenvalue weighted by Gasteiger charge is -1.95. The highest BCUT2D eigenvalue weighted by molar-refractivity contribution is 6.50. The Balaban J connectivity index is 0.000000187. The van der Waals surface area contributed by atoms with Crippen molar-refractivity contribution in [2.45, 2.75) is 0 Å². The van der Waals surface area contributed by atoms with E-state index in [-0.39, 0.29) is 0 Å². The number of rotatable bonds is 0. The van der Waals surface area contributed by atoms with Gasteiger partial charge >= 0.3 is 7.25 Å². The zero-order chi connectivity index (χ0) is 8.91. The van der Waals surface area contributed by atoms with E-state index in [1.54, 1.807) is 0 Å². The normalized spacial score (nSPS) is 19.4. The summed E-state index contributed by atoms with van der Waals surface area (Å²) in [4.78, 5) is 2.31. The van der Waals surface area contributed by atoms with Crippen molar-refractivity contribution in [3.8, 4) is 0 Å². The van der Waals surface area contributed by atoms with Gasteiger partial charge in [-0.1, -0.05) is 0 Å². The molecule has 0 aromatic carbocycles. The molecular formula is C4H11BF4N2. The molecule has 0 unspecified atom stereocenters. The predicted octanol–water partition coefficient (Wildman–Crippen LogP) is -0.247. The van der Waals surface area contributed by atoms with Gasteiger partial charge < -0.3 is 22.6 Å². The van der Waals surface area contributed by atoms with E-state index in [2.05, 4.69) is 17.3 Å². The summed E-state index contributed by atoms with van der Waals surface area (Å²) in [5.74, 6) is 0. The van der Waals surface area contributed by atoms with Gasteiger partial charge in [-0.2, -0.15) is 0 Å². The van der Waals surface area contributed by atoms with Crippen LogP contribution in [-0.2, 0) is 0 Å². The summed E-state index contributed by atoms with van der Waals surface area (Å²) in [6, 6.07) is 0. The summed E-state index contributed by atoms with van der Waals surface area (Å²) < 4.78 is 39.0. The number of nitrogens with zero attached hydrogens (tertiary/aromatic N) is 1. The van der Waals surface area contributed by atoms with Crippen molar-refractivity contribution in [1.82, 2.24) is 4.90 Å². The minimum absolute atomic E-state index is 1.19. The van der Waals surface area contributed by atoms with Crippen molar-refractivity contribution < 1.29 is 22.6 Å². The molecule has 1 heterocycles. The van der Waals surface area contributed by atoms with E-state index in [4.69, 9.17) is 0 Å². The van der Waals surface area contributed by atoms with Crippen molar-refractivity contribution in [2.75, 3.05) is 26.8 Å². The van der Waals surface area contributed by atoms with Gasteiger partial charge in [-0.3, -0.25) is 4.90 Å². The Kier molecular flexibility index (Phi) is 4.43. The number of halogens is 4. The van der Waals surface area contributed by atoms with E-state index < -0.39 is 7.25 Å². The summed E-state index contributed by atoms with van der Waals surface area (Å²) in [6.45, 7) is 3.75. The lowest BCUT2D eigenvalue weighted by atomic mass is 10.3. The fourth-order valence-corrected chi connectivity index (χ4v) is 0.715. The molecule has 0 amide bonds. The number of hydrogen-bond donors (Lipinski definition) is 1. The summed E-state index contributed by atoms with van der Waals surface area (Å²) >= 11 is 0. The zero-order valence-corrected chi connectivity index (χ0v) is 6.24. The van der Waals surface area contributed by atoms with Crippen LogP contribution in [0.4, 0.5) is 17.3 Å². The zero-order valence-electron chi connectivity index (χ0n) is 6.24. The standard InChI is InChI=1S/C4H10N2.BF4/c1-6-3-2-5-4-6;2-1(3,4)5/h5H,2-4H2,1H3;/q;-1/p+1. The van der Waals surface area contributed by atoms with Crippen LogP contribution in [0.5, 0.6) is 0 Å². The topological polar surface area (TPSA) is 19.9 Å². The van der Waals surface area contributed by atoms with Crippen LogP contribution in [0.15, 0.2) is 0 Å². The highest BCUT2D eigenvalue weighted by atomic mass is 19.5. The number of hydrogen-bond acceptors (Lipinski definition) is 1. The Morgan fingerprint density at radius 1 is 1.27 bits per heavy atom. The molecule has 0 radical (unpaired) electrons. The summed E-state index contributed by atoms with van der Waals surface area (Å²) in [7, 11) is -3.86. The monoisotopic (exact) mass is 174 g/mol. The molecule has 11 heavy (non-hydrogen) atoms. The molecule has 2 nitrogen and oxygen atoms in total. The molecular weight excluding hydrogens is 163 g/mol. The van der Waals surface area contributed by atoms with Crippen molar-refractivity contribution in [3.63, 3.8) is 0 Å². The molecule has 1 rings (SSSR count). The first-order chi connectivity index (χ1) is 4.89. The van der Waals surface area contributed by atoms with Crippen molar-refractivity contribution in [2.24, 2.45) is 0 Å². The third kappa shape index (κ3) is 12.8. The van der Waals surface area contributed by atoms with Gasteiger partial charge in [-0.25, -0.2) is 0 Å². The van der Waals surface area contributed by atoms with Gasteiger partial charge in [-0.15, -0.1) is 0 Å². The molecule has 2 N–H and O–H groups in total. The molecule has 7 heteroatoms. The van der Waals surface area contributed by atoms with E-state index in [9.17, 15) is 17.3 Å². The van der Waals surface area contributed by atoms with E-state index in [0.29, 0.717) is 0 Å². The molecule has 1 saturated heterocycles. The van der Waals surface area contributed by atoms with E-state index in [1.165, 1.54) is 19.8 Å². The Bertz CT molecular complexity index is 94.8. The lowest BCUT2D eigenvalue weighted by Crippen LogP contribution is -2.82. The van der Waals surface area contributed by atoms with Gasteiger partial charge in [-0.05, 0) is 7.05 Å². The van der Waals surface area contributed by atoms with E-state index in [0.717, 1.165) is 0 Å². The minimum atomic E-state index is -6.00. The summed E-state index contributed by atoms with van der Waals surface area (Å²) in [6.07, 6.45) is 0. The summed E-state index contributed by atoms with van der Waals surface area (Å²) in [5, 5.41) is 2.31. The molecule has 0 saturated carbocycles. The van der Waals surface area contributed by atoms with Crippen molar-refractivity contribution >= 4 is 7.25 Å². The largest absolute Gasteiger partial charge is 0.673 e. The molecule has 0 bridgehead atoms. The van der Waals surface area contributed by atoms with Crippen LogP contribution in [0.3, 0.4) is 0 Å². The van der Waals surface area contributed by atoms with Crippen LogP contribution >= 0.6 is 0 Å². The second kappa shape index (κ2) is 4.56. The minimum Gasteiger partial charge on any atom is -0.418 e. The fraction of sp³-hybridized carbons (Fsp3) is 1.00. The van der Waals surface area contributed by atoms with Crippen molar-refractivity contribution in [1.29, 1.82) is 0 Å². The van der Waals surface area contributed by atoms with Crippen LogP contribution in [0.25, 0.3) is 0 Å². The lowest BCUT2D eigenvalue weighted by molar-refractivity contribution is -0.642. The van der Waals surface area contributed by atoms with Gasteiger partial charge in [0.2, 0.25) is 0 Å². The first-order valence-electron chi connectivity index (χ1n) is 3.27. The molecule has 0 aromatic rings. The quantitative estimate of drug-likeness (QED) is 0.396. The van der Waals surface area contributed by atoms with Crippen LogP contribution in [0.2, 0.25) is 0 Å². The first kappa shape index (κ1) is 10.7. The Morgan fingerprint density at radius 3 is 1.82 bits per heavy atom. The maximum atomic E-state index is 9.75. The van der Waals surface area contributed by atoms with Gasteiger partial charge in [0.1, 0.15) is 6.67 Å². The van der Waals surface area contributed by atoms with Crippen molar-refractivity contribution in [3.05, 3.63) is 0 Å². The Hall–Kier alpha value is -0.295. The third-order valence-corrected chi connectivity index (χ3v) is 1.16. The van der Waals surface area contributed by atoms with Gasteiger partial charge in [0.25, 0.3) is 0 Å². The SMILES string of the molecule is CN1CC[NH2+]C1.F[B-](F)(F)F. The maximum Gasteiger partial charge on any atom is 0.673 e. The molecule has 0 atom stereocenters. The van der Waals surface area contributed by atoms with E-state index in [1.807, 2.05) is 0 Å². The number of nitrogens with two attached hydrogens (primary N) is 1. The molecule has 0 aromatic heterocycles. The highest BCUT2D eigenvalue weighted by Crippen LogP contribution is 2.06. The fourth-order valence-electron chi connectivity index (χ4n) is 0.715. The molecule has 68 valence electrons. The summed E-state index contributed by atoms with van der Waals surface area (Å²) in [5.41, 5.74) is 0. The molecule has 1 aliphatic rings. The predicted molar refractivity (Wildman–Crippen MR) is 34.5 cm³/mol. The molecule has 1 aliphatic heterocycles. The second-order valence-electron chi connectivity index (χ2n) is 2.33. The third-order valence-electron chi connectivity index (χ3n) is 1.16. The Labute approximate surface area is 62.7 Å². The van der Waals surface area contributed by atoms with Gasteiger partial charge in [0.15, 0.2) is 0 Å². The highest BCUT2D eigenvalue weighted by Gasteiger charge is 2.20. The Morgan fingerprint density at radius 2 is 1.73 bits per heavy atom. The molecule has 0 aliphatic carbocycles. The smallest absolute Gasteiger partial charge is 0.418 e. The molecule has 1 fully saturated rings. The average Bonchev–Trinajstić information content (AvgIpc) is 2.12. The van der Waals surface area contributed by atoms with Crippen LogP contribution in [0.1, 0.15) is 0 Å². The van der Waals surface area contributed by atoms with Crippen LogP contribution < -0.4 is 5.32 Å². The van der Waals surface area contributed by atoms with Crippen LogP contribution in [-0.4, -0.2) is 39.0 Å². The average molecular weight is 174 g/mol. The number of quaternary nitrogens is 1. The van der Waals surface area contributed by atoms with Gasteiger partial charge in [0, 0.05) is 0 Å². The number of likely N-dealkylation sites (N-methyl/N-ethyl adjacent to an activating group) is 1. The first-order valence-corrected chi connectivity index (χ1v) is 3.27. The van der Waals surface area contributed by atoms with E-state index >= 15 is 0 Å². The maximum absolute atomic E-state index is 9.75. The van der Waals surface area contributed by atoms with Crippen LogP contribution in [0, 0.1) is 0 Å². The molecule has 0 spiro atoms. The van der Waals surface area contributed by atoms with Gasteiger partial charge in [0.05, 0.1) is 13.1 Å². The second-order valence-corrected chi connectivity index (χ2v) is 2.33.